The molecule has 3 aromatic rings. The van der Waals surface area contributed by atoms with E-state index in [0.717, 1.165) is 16.7 Å². The SMILES string of the molecule is CC(C)c1ccc(C2/C(=C(\[O-])c3ccc4c(c3)OCCO4)C(=O)C(=O)N2Cc2ccc[nH+]c2)cc1. The van der Waals surface area contributed by atoms with Crippen LogP contribution in [0.1, 0.15) is 48.1 Å². The molecule has 5 rings (SSSR count). The van der Waals surface area contributed by atoms with Gasteiger partial charge in [0.1, 0.15) is 13.2 Å². The Hall–Kier alpha value is -4.13. The Morgan fingerprint density at radius 3 is 2.49 bits per heavy atom. The topological polar surface area (TPSA) is 93.0 Å². The summed E-state index contributed by atoms with van der Waals surface area (Å²) in [4.78, 5) is 30.9. The first kappa shape index (κ1) is 22.7. The molecule has 178 valence electrons. The molecule has 7 nitrogen and oxygen atoms in total. The molecule has 0 spiro atoms. The van der Waals surface area contributed by atoms with Gasteiger partial charge in [0, 0.05) is 17.2 Å². The van der Waals surface area contributed by atoms with E-state index < -0.39 is 23.5 Å². The van der Waals surface area contributed by atoms with Crippen molar-refractivity contribution in [1.82, 2.24) is 4.90 Å². The molecule has 1 N–H and O–H groups in total. The number of nitrogens with zero attached hydrogens (tertiary/aromatic N) is 1. The average molecular weight is 471 g/mol. The van der Waals surface area contributed by atoms with Gasteiger partial charge in [-0.1, -0.05) is 49.9 Å². The summed E-state index contributed by atoms with van der Waals surface area (Å²) in [5, 5.41) is 13.7. The van der Waals surface area contributed by atoms with Crippen LogP contribution in [0.4, 0.5) is 0 Å². The number of pyridine rings is 1. The number of ether oxygens (including phenoxy) is 2. The van der Waals surface area contributed by atoms with Crippen LogP contribution in [0.3, 0.4) is 0 Å². The third-order valence-corrected chi connectivity index (χ3v) is 6.38. The lowest BCUT2D eigenvalue weighted by Gasteiger charge is -2.28. The normalized spacial score (nSPS) is 18.8. The van der Waals surface area contributed by atoms with Gasteiger partial charge in [-0.2, -0.15) is 0 Å². The number of aromatic nitrogens is 1. The van der Waals surface area contributed by atoms with Gasteiger partial charge < -0.3 is 19.5 Å². The number of ketones is 1. The minimum absolute atomic E-state index is 0.0520. The van der Waals surface area contributed by atoms with Crippen molar-refractivity contribution >= 4 is 17.4 Å². The first-order valence-electron chi connectivity index (χ1n) is 11.7. The van der Waals surface area contributed by atoms with Crippen LogP contribution in [0.25, 0.3) is 5.76 Å². The van der Waals surface area contributed by atoms with Crippen molar-refractivity contribution in [3.05, 3.63) is 94.8 Å². The lowest BCUT2D eigenvalue weighted by Crippen LogP contribution is -2.29. The number of H-pyrrole nitrogens is 1. The van der Waals surface area contributed by atoms with E-state index in [1.165, 1.54) is 4.90 Å². The first-order chi connectivity index (χ1) is 16.9. The molecule has 7 heteroatoms. The van der Waals surface area contributed by atoms with Crippen LogP contribution < -0.4 is 19.6 Å². The van der Waals surface area contributed by atoms with Crippen molar-refractivity contribution in [3.63, 3.8) is 0 Å². The number of carbonyl (C=O) groups excluding carboxylic acids is 2. The van der Waals surface area contributed by atoms with E-state index in [1.807, 2.05) is 36.4 Å². The molecular formula is C28H26N2O5. The molecule has 1 saturated heterocycles. The summed E-state index contributed by atoms with van der Waals surface area (Å²) >= 11 is 0. The lowest BCUT2D eigenvalue weighted by atomic mass is 9.93. The number of rotatable bonds is 5. The maximum atomic E-state index is 13.7. The summed E-state index contributed by atoms with van der Waals surface area (Å²) in [6.45, 7) is 5.20. The fourth-order valence-corrected chi connectivity index (χ4v) is 4.51. The van der Waals surface area contributed by atoms with Crippen LogP contribution in [-0.4, -0.2) is 29.8 Å². The van der Waals surface area contributed by atoms with E-state index in [1.54, 1.807) is 30.6 Å². The van der Waals surface area contributed by atoms with Crippen molar-refractivity contribution in [1.29, 1.82) is 0 Å². The van der Waals surface area contributed by atoms with Crippen molar-refractivity contribution < 1.29 is 29.2 Å². The van der Waals surface area contributed by atoms with Gasteiger partial charge in [-0.05, 0) is 40.8 Å². The third-order valence-electron chi connectivity index (χ3n) is 6.38. The molecule has 3 heterocycles. The Kier molecular flexibility index (Phi) is 5.99. The minimum Gasteiger partial charge on any atom is -0.872 e. The number of nitrogens with one attached hydrogen (secondary N) is 1. The largest absolute Gasteiger partial charge is 0.872 e. The standard InChI is InChI=1S/C28H26N2O5/c1-17(2)19-5-7-20(8-6-19)25-24(26(31)21-9-10-22-23(14-21)35-13-12-34-22)27(32)28(33)30(25)16-18-4-3-11-29-15-18/h3-11,14-15,17,25,31H,12-13,16H2,1-2H3/b26-24+. The van der Waals surface area contributed by atoms with Gasteiger partial charge >= 0.3 is 0 Å². The average Bonchev–Trinajstić information content (AvgIpc) is 3.13. The van der Waals surface area contributed by atoms with E-state index in [0.29, 0.717) is 30.6 Å². The van der Waals surface area contributed by atoms with Gasteiger partial charge in [-0.15, -0.1) is 0 Å². The summed E-state index contributed by atoms with van der Waals surface area (Å²) in [5.74, 6) is -0.617. The smallest absolute Gasteiger partial charge is 0.295 e. The summed E-state index contributed by atoms with van der Waals surface area (Å²) in [6, 6.07) is 15.5. The molecule has 0 radical (unpaired) electrons. The molecule has 1 atom stereocenters. The molecule has 2 aromatic carbocycles. The van der Waals surface area contributed by atoms with Crippen molar-refractivity contribution in [2.75, 3.05) is 13.2 Å². The lowest BCUT2D eigenvalue weighted by molar-refractivity contribution is -0.378. The Bertz CT molecular complexity index is 1300. The second-order valence-electron chi connectivity index (χ2n) is 9.00. The van der Waals surface area contributed by atoms with Gasteiger partial charge in [-0.25, -0.2) is 4.98 Å². The van der Waals surface area contributed by atoms with E-state index in [-0.39, 0.29) is 17.7 Å². The highest BCUT2D eigenvalue weighted by Gasteiger charge is 2.44. The number of hydrogen-bond acceptors (Lipinski definition) is 5. The fraction of sp³-hybridized carbons (Fsp3) is 0.250. The molecule has 35 heavy (non-hydrogen) atoms. The predicted octanol–water partition coefficient (Wildman–Crippen LogP) is 2.82. The van der Waals surface area contributed by atoms with Gasteiger partial charge in [0.15, 0.2) is 23.9 Å². The van der Waals surface area contributed by atoms with E-state index in [2.05, 4.69) is 18.8 Å². The van der Waals surface area contributed by atoms with Gasteiger partial charge in [0.25, 0.3) is 5.91 Å². The van der Waals surface area contributed by atoms with Crippen LogP contribution >= 0.6 is 0 Å². The Labute approximate surface area is 203 Å². The number of carbonyl (C=O) groups is 2. The van der Waals surface area contributed by atoms with Crippen LogP contribution in [0.2, 0.25) is 0 Å². The maximum absolute atomic E-state index is 13.7. The van der Waals surface area contributed by atoms with Gasteiger partial charge in [-0.3, -0.25) is 9.59 Å². The van der Waals surface area contributed by atoms with E-state index in [9.17, 15) is 14.7 Å². The summed E-state index contributed by atoms with van der Waals surface area (Å²) in [5.41, 5.74) is 2.90. The minimum atomic E-state index is -0.794. The first-order valence-corrected chi connectivity index (χ1v) is 11.7. The molecule has 0 aliphatic carbocycles. The van der Waals surface area contributed by atoms with Gasteiger partial charge in [0.05, 0.1) is 12.6 Å². The second kappa shape index (κ2) is 9.25. The van der Waals surface area contributed by atoms with Crippen LogP contribution in [0, 0.1) is 0 Å². The van der Waals surface area contributed by atoms with Crippen LogP contribution in [0.15, 0.2) is 72.6 Å². The molecule has 2 aliphatic rings. The highest BCUT2D eigenvalue weighted by Crippen LogP contribution is 2.41. The highest BCUT2D eigenvalue weighted by molar-refractivity contribution is 6.46. The molecular weight excluding hydrogens is 444 g/mol. The number of amides is 1. The van der Waals surface area contributed by atoms with Gasteiger partial charge in [0.2, 0.25) is 5.78 Å². The van der Waals surface area contributed by atoms with Crippen molar-refractivity contribution in [2.45, 2.75) is 32.4 Å². The number of likely N-dealkylation sites (tertiary alicyclic amines) is 1. The van der Waals surface area contributed by atoms with Crippen LogP contribution in [0.5, 0.6) is 11.5 Å². The zero-order valence-corrected chi connectivity index (χ0v) is 19.6. The molecule has 1 aromatic heterocycles. The number of aromatic amines is 1. The predicted molar refractivity (Wildman–Crippen MR) is 126 cm³/mol. The van der Waals surface area contributed by atoms with Crippen LogP contribution in [-0.2, 0) is 16.1 Å². The molecule has 0 saturated carbocycles. The number of fused-ring (bicyclic) bond motifs is 1. The molecule has 2 aliphatic heterocycles. The molecule has 0 bridgehead atoms. The third kappa shape index (κ3) is 4.25. The zero-order valence-electron chi connectivity index (χ0n) is 19.6. The second-order valence-corrected chi connectivity index (χ2v) is 9.00. The molecule has 1 amide bonds. The number of benzene rings is 2. The monoisotopic (exact) mass is 470 g/mol. The van der Waals surface area contributed by atoms with E-state index in [4.69, 9.17) is 9.47 Å². The Morgan fingerprint density at radius 1 is 1.06 bits per heavy atom. The fourth-order valence-electron chi connectivity index (χ4n) is 4.51. The summed E-state index contributed by atoms with van der Waals surface area (Å²) in [6.07, 6.45) is 3.54. The number of hydrogen-bond donors (Lipinski definition) is 0. The number of Topliss-reactive ketones (excluding diaryl/α,β-unsaturated/α-hetero) is 1. The quantitative estimate of drug-likeness (QED) is 0.325. The molecule has 1 unspecified atom stereocenters. The molecule has 1 fully saturated rings. The van der Waals surface area contributed by atoms with Crippen molar-refractivity contribution in [2.24, 2.45) is 0 Å². The summed E-state index contributed by atoms with van der Waals surface area (Å²) < 4.78 is 11.2. The van der Waals surface area contributed by atoms with Crippen molar-refractivity contribution in [3.8, 4) is 11.5 Å². The zero-order chi connectivity index (χ0) is 24.5. The highest BCUT2D eigenvalue weighted by atomic mass is 16.6. The summed E-state index contributed by atoms with van der Waals surface area (Å²) in [7, 11) is 0. The Balaban J connectivity index is 1.62. The van der Waals surface area contributed by atoms with E-state index >= 15 is 0 Å². The Morgan fingerprint density at radius 2 is 1.80 bits per heavy atom. The maximum Gasteiger partial charge on any atom is 0.295 e.